The third-order valence-electron chi connectivity index (χ3n) is 3.31. The molecule has 0 spiro atoms. The zero-order valence-corrected chi connectivity index (χ0v) is 14.7. The third-order valence-corrected chi connectivity index (χ3v) is 5.53. The predicted octanol–water partition coefficient (Wildman–Crippen LogP) is 3.61. The highest BCUT2D eigenvalue weighted by Crippen LogP contribution is 2.37. The molecule has 0 saturated carbocycles. The van der Waals surface area contributed by atoms with E-state index in [0.29, 0.717) is 0 Å². The van der Waals surface area contributed by atoms with E-state index in [1.807, 2.05) is 34.5 Å². The van der Waals surface area contributed by atoms with E-state index in [-0.39, 0.29) is 11.5 Å². The van der Waals surface area contributed by atoms with Gasteiger partial charge in [-0.3, -0.25) is 0 Å². The number of benzene rings is 1. The highest BCUT2D eigenvalue weighted by Gasteiger charge is 2.19. The number of hydrogen-bond acceptors (Lipinski definition) is 7. The summed E-state index contributed by atoms with van der Waals surface area (Å²) in [6.45, 7) is 6.84. The summed E-state index contributed by atoms with van der Waals surface area (Å²) in [7, 11) is 0. The molecule has 0 unspecified atom stereocenters. The van der Waals surface area contributed by atoms with E-state index in [1.165, 1.54) is 11.3 Å². The Balaban J connectivity index is 1.65. The van der Waals surface area contributed by atoms with Crippen molar-refractivity contribution in [3.05, 3.63) is 24.0 Å². The molecule has 120 valence electrons. The second-order valence-electron chi connectivity index (χ2n) is 6.19. The lowest BCUT2D eigenvalue weighted by Crippen LogP contribution is -2.08. The van der Waals surface area contributed by atoms with Crippen molar-refractivity contribution in [2.24, 2.45) is 0 Å². The van der Waals surface area contributed by atoms with E-state index in [9.17, 15) is 0 Å². The van der Waals surface area contributed by atoms with Crippen molar-refractivity contribution < 1.29 is 9.47 Å². The summed E-state index contributed by atoms with van der Waals surface area (Å²) in [4.78, 5) is 0.808. The first-order valence-electron chi connectivity index (χ1n) is 7.25. The summed E-state index contributed by atoms with van der Waals surface area (Å²) < 4.78 is 12.8. The van der Waals surface area contributed by atoms with Gasteiger partial charge in [0, 0.05) is 10.3 Å². The zero-order chi connectivity index (χ0) is 16.0. The van der Waals surface area contributed by atoms with Crippen molar-refractivity contribution in [2.45, 2.75) is 31.3 Å². The number of aromatic nitrogens is 4. The monoisotopic (exact) mass is 348 g/mol. The maximum absolute atomic E-state index is 5.43. The number of hydrogen-bond donors (Lipinski definition) is 0. The summed E-state index contributed by atoms with van der Waals surface area (Å²) in [5.41, 5.74) is 0.999. The molecule has 3 aromatic rings. The van der Waals surface area contributed by atoms with Crippen LogP contribution in [-0.4, -0.2) is 31.4 Å². The largest absolute Gasteiger partial charge is 0.454 e. The molecule has 8 heteroatoms. The van der Waals surface area contributed by atoms with Crippen LogP contribution in [0.2, 0.25) is 0 Å². The standard InChI is InChI=1S/C15H16N4O2S2/c1-15(2,3)22-7-12-16-17-14-19(12)18-13(23-14)9-4-5-10-11(6-9)21-8-20-10/h4-6H,7-8H2,1-3H3. The van der Waals surface area contributed by atoms with Gasteiger partial charge in [-0.1, -0.05) is 32.1 Å². The van der Waals surface area contributed by atoms with Crippen LogP contribution in [0.15, 0.2) is 18.2 Å². The molecule has 0 N–H and O–H groups in total. The van der Waals surface area contributed by atoms with Gasteiger partial charge in [0.2, 0.25) is 11.8 Å². The van der Waals surface area contributed by atoms with Crippen molar-refractivity contribution in [2.75, 3.05) is 6.79 Å². The normalized spacial score (nSPS) is 13.9. The fourth-order valence-corrected chi connectivity index (χ4v) is 3.77. The summed E-state index contributed by atoms with van der Waals surface area (Å²) >= 11 is 3.35. The molecule has 23 heavy (non-hydrogen) atoms. The summed E-state index contributed by atoms with van der Waals surface area (Å²) in [5, 5.41) is 14.1. The minimum Gasteiger partial charge on any atom is -0.454 e. The molecule has 2 aromatic heterocycles. The molecule has 1 aliphatic rings. The molecule has 0 saturated heterocycles. The Morgan fingerprint density at radius 2 is 2.04 bits per heavy atom. The minimum absolute atomic E-state index is 0.183. The maximum Gasteiger partial charge on any atom is 0.235 e. The highest BCUT2D eigenvalue weighted by molar-refractivity contribution is 7.99. The predicted molar refractivity (Wildman–Crippen MR) is 91.3 cm³/mol. The molecule has 4 rings (SSSR count). The minimum atomic E-state index is 0.183. The van der Waals surface area contributed by atoms with Gasteiger partial charge in [-0.25, -0.2) is 0 Å². The van der Waals surface area contributed by atoms with Crippen molar-refractivity contribution in [1.82, 2.24) is 19.8 Å². The SMILES string of the molecule is CC(C)(C)SCc1nnc2sc(-c3ccc4c(c3)OCO4)nn12. The van der Waals surface area contributed by atoms with Gasteiger partial charge in [0.25, 0.3) is 0 Å². The second kappa shape index (κ2) is 5.38. The Kier molecular flexibility index (Phi) is 3.46. The molecule has 0 aliphatic carbocycles. The van der Waals surface area contributed by atoms with Gasteiger partial charge in [0.05, 0.1) is 5.75 Å². The quantitative estimate of drug-likeness (QED) is 0.720. The van der Waals surface area contributed by atoms with Crippen LogP contribution in [0.25, 0.3) is 15.5 Å². The third kappa shape index (κ3) is 2.88. The molecule has 0 bridgehead atoms. The maximum atomic E-state index is 5.43. The molecule has 0 radical (unpaired) electrons. The molecule has 0 atom stereocenters. The fraction of sp³-hybridized carbons (Fsp3) is 0.400. The van der Waals surface area contributed by atoms with Crippen molar-refractivity contribution in [1.29, 1.82) is 0 Å². The van der Waals surface area contributed by atoms with Crippen LogP contribution >= 0.6 is 23.1 Å². The lowest BCUT2D eigenvalue weighted by molar-refractivity contribution is 0.174. The lowest BCUT2D eigenvalue weighted by atomic mass is 10.2. The lowest BCUT2D eigenvalue weighted by Gasteiger charge is -2.16. The molecule has 0 fully saturated rings. The Bertz CT molecular complexity index is 866. The van der Waals surface area contributed by atoms with E-state index >= 15 is 0 Å². The second-order valence-corrected chi connectivity index (χ2v) is 8.94. The average molecular weight is 348 g/mol. The van der Waals surface area contributed by atoms with Gasteiger partial charge >= 0.3 is 0 Å². The van der Waals surface area contributed by atoms with Crippen LogP contribution in [0.4, 0.5) is 0 Å². The topological polar surface area (TPSA) is 61.5 Å². The Morgan fingerprint density at radius 3 is 2.87 bits per heavy atom. The zero-order valence-electron chi connectivity index (χ0n) is 13.1. The van der Waals surface area contributed by atoms with Gasteiger partial charge in [-0.2, -0.15) is 9.61 Å². The van der Waals surface area contributed by atoms with Crippen molar-refractivity contribution in [3.63, 3.8) is 0 Å². The number of rotatable bonds is 3. The number of thioether (sulfide) groups is 1. The first kappa shape index (κ1) is 14.8. The van der Waals surface area contributed by atoms with Crippen LogP contribution in [0, 0.1) is 0 Å². The molecule has 6 nitrogen and oxygen atoms in total. The van der Waals surface area contributed by atoms with Crippen molar-refractivity contribution >= 4 is 28.1 Å². The van der Waals surface area contributed by atoms with Gasteiger partial charge in [0.1, 0.15) is 5.01 Å². The molecule has 1 aliphatic heterocycles. The van der Waals surface area contributed by atoms with E-state index in [4.69, 9.17) is 9.47 Å². The van der Waals surface area contributed by atoms with Gasteiger partial charge in [0.15, 0.2) is 17.3 Å². The average Bonchev–Trinajstić information content (AvgIpc) is 3.18. The van der Waals surface area contributed by atoms with E-state index in [2.05, 4.69) is 36.1 Å². The fourth-order valence-electron chi connectivity index (χ4n) is 2.17. The van der Waals surface area contributed by atoms with E-state index < -0.39 is 0 Å². The Labute approximate surface area is 141 Å². The van der Waals surface area contributed by atoms with Gasteiger partial charge in [-0.15, -0.1) is 22.0 Å². The van der Waals surface area contributed by atoms with E-state index in [1.54, 1.807) is 0 Å². The molecular weight excluding hydrogens is 332 g/mol. The summed E-state index contributed by atoms with van der Waals surface area (Å²) in [6.07, 6.45) is 0. The highest BCUT2D eigenvalue weighted by atomic mass is 32.2. The molecule has 3 heterocycles. The first-order chi connectivity index (χ1) is 11.0. The van der Waals surface area contributed by atoms with Crippen LogP contribution in [0.5, 0.6) is 11.5 Å². The van der Waals surface area contributed by atoms with Crippen LogP contribution in [-0.2, 0) is 5.75 Å². The first-order valence-corrected chi connectivity index (χ1v) is 9.05. The molecule has 1 aromatic carbocycles. The number of ether oxygens (including phenoxy) is 2. The Morgan fingerprint density at radius 1 is 1.22 bits per heavy atom. The van der Waals surface area contributed by atoms with Gasteiger partial charge in [-0.05, 0) is 18.2 Å². The number of fused-ring (bicyclic) bond motifs is 2. The number of nitrogens with zero attached hydrogens (tertiary/aromatic N) is 4. The van der Waals surface area contributed by atoms with Crippen molar-refractivity contribution in [3.8, 4) is 22.1 Å². The van der Waals surface area contributed by atoms with Crippen LogP contribution in [0.1, 0.15) is 26.6 Å². The van der Waals surface area contributed by atoms with Crippen LogP contribution < -0.4 is 9.47 Å². The van der Waals surface area contributed by atoms with Gasteiger partial charge < -0.3 is 9.47 Å². The smallest absolute Gasteiger partial charge is 0.235 e. The van der Waals surface area contributed by atoms with Crippen LogP contribution in [0.3, 0.4) is 0 Å². The summed E-state index contributed by atoms with van der Waals surface area (Å²) in [6, 6.07) is 5.86. The summed E-state index contributed by atoms with van der Waals surface area (Å²) in [5.74, 6) is 3.20. The molecule has 0 amide bonds. The molecular formula is C15H16N4O2S2. The Hall–Kier alpha value is -1.80. The van der Waals surface area contributed by atoms with E-state index in [0.717, 1.165) is 38.6 Å².